The number of hydrogen-bond acceptors (Lipinski definition) is 4. The van der Waals surface area contributed by atoms with Crippen molar-refractivity contribution in [3.05, 3.63) is 77.1 Å². The molecule has 0 radical (unpaired) electrons. The summed E-state index contributed by atoms with van der Waals surface area (Å²) in [6.45, 7) is 14.2. The lowest BCUT2D eigenvalue weighted by atomic mass is 9.98. The summed E-state index contributed by atoms with van der Waals surface area (Å²) >= 11 is 0. The highest BCUT2D eigenvalue weighted by molar-refractivity contribution is 5.75. The van der Waals surface area contributed by atoms with Gasteiger partial charge in [0.25, 0.3) is 0 Å². The fraction of sp³-hybridized carbons (Fsp3) is 0.455. The molecule has 0 aromatic heterocycles. The predicted molar refractivity (Wildman–Crippen MR) is 160 cm³/mol. The average molecular weight is 563 g/mol. The van der Waals surface area contributed by atoms with Crippen LogP contribution in [0.3, 0.4) is 0 Å². The van der Waals surface area contributed by atoms with Gasteiger partial charge in [-0.15, -0.1) is 0 Å². The van der Waals surface area contributed by atoms with Gasteiger partial charge >= 0.3 is 6.18 Å². The maximum Gasteiger partial charge on any atom is 0.416 e. The quantitative estimate of drug-likeness (QED) is 0.178. The number of hydrogen-bond donors (Lipinski definition) is 2. The molecule has 0 amide bonds. The minimum Gasteiger partial charge on any atom is -0.512 e. The van der Waals surface area contributed by atoms with Crippen molar-refractivity contribution in [2.24, 2.45) is 0 Å². The van der Waals surface area contributed by atoms with Gasteiger partial charge in [0.05, 0.1) is 18.8 Å². The highest BCUT2D eigenvalue weighted by Gasteiger charge is 2.35. The Hall–Kier alpha value is -3.35. The van der Waals surface area contributed by atoms with Crippen LogP contribution in [0.5, 0.6) is 11.5 Å². The van der Waals surface area contributed by atoms with Gasteiger partial charge in [-0.2, -0.15) is 13.2 Å². The number of allylic oxidation sites excluding steroid dienone is 2. The maximum absolute atomic E-state index is 13.1. The van der Waals surface area contributed by atoms with Gasteiger partial charge < -0.3 is 19.7 Å². The lowest BCUT2D eigenvalue weighted by molar-refractivity contribution is -0.0688. The van der Waals surface area contributed by atoms with Gasteiger partial charge in [0.2, 0.25) is 0 Å². The van der Waals surface area contributed by atoms with Crippen LogP contribution in [-0.4, -0.2) is 29.6 Å². The number of unbranched alkanes of at least 4 members (excludes halogenated alkanes) is 2. The normalized spacial score (nSPS) is 11.8. The lowest BCUT2D eigenvalue weighted by Crippen LogP contribution is -2.13. The number of aliphatic hydroxyl groups is 2. The Morgan fingerprint density at radius 1 is 0.925 bits per heavy atom. The molecule has 222 valence electrons. The van der Waals surface area contributed by atoms with E-state index in [1.54, 1.807) is 12.1 Å². The molecule has 0 heterocycles. The summed E-state index contributed by atoms with van der Waals surface area (Å²) < 4.78 is 50.8. The Balaban J connectivity index is 0.000000433. The van der Waals surface area contributed by atoms with Crippen LogP contribution in [0.15, 0.2) is 49.2 Å². The predicted octanol–water partition coefficient (Wildman–Crippen LogP) is 10.4. The summed E-state index contributed by atoms with van der Waals surface area (Å²) in [5, 5.41) is 18.4. The van der Waals surface area contributed by atoms with E-state index >= 15 is 0 Å². The van der Waals surface area contributed by atoms with Gasteiger partial charge in [-0.25, -0.2) is 0 Å². The second-order valence-electron chi connectivity index (χ2n) is 9.44. The highest BCUT2D eigenvalue weighted by Crippen LogP contribution is 2.42. The van der Waals surface area contributed by atoms with Crippen LogP contribution in [-0.2, 0) is 6.42 Å². The van der Waals surface area contributed by atoms with Gasteiger partial charge in [0.15, 0.2) is 5.76 Å². The molecule has 4 nitrogen and oxygen atoms in total. The van der Waals surface area contributed by atoms with Crippen molar-refractivity contribution >= 4 is 17.4 Å². The molecule has 2 aromatic rings. The number of aliphatic hydroxyl groups excluding tert-OH is 2. The number of ether oxygens (including phenoxy) is 2. The monoisotopic (exact) mass is 562 g/mol. The fourth-order valence-electron chi connectivity index (χ4n) is 3.88. The van der Waals surface area contributed by atoms with E-state index in [-0.39, 0.29) is 17.1 Å². The van der Waals surface area contributed by atoms with Gasteiger partial charge in [0, 0.05) is 16.7 Å². The fourth-order valence-corrected chi connectivity index (χ4v) is 3.88. The van der Waals surface area contributed by atoms with Crippen molar-refractivity contribution in [2.45, 2.75) is 85.7 Å². The van der Waals surface area contributed by atoms with E-state index in [4.69, 9.17) is 14.6 Å². The zero-order chi connectivity index (χ0) is 30.1. The molecular weight excluding hydrogens is 517 g/mol. The molecule has 0 atom stereocenters. The summed E-state index contributed by atoms with van der Waals surface area (Å²) in [6, 6.07) is 8.65. The van der Waals surface area contributed by atoms with Crippen molar-refractivity contribution in [3.63, 3.8) is 0 Å². The Kier molecular flexibility index (Phi) is 15.7. The first-order valence-electron chi connectivity index (χ1n) is 14.0. The van der Waals surface area contributed by atoms with Gasteiger partial charge in [-0.05, 0) is 55.9 Å². The molecule has 0 unspecified atom stereocenters. The average Bonchev–Trinajstić information content (AvgIpc) is 2.93. The first kappa shape index (κ1) is 34.7. The largest absolute Gasteiger partial charge is 0.512 e. The molecule has 0 aliphatic carbocycles. The van der Waals surface area contributed by atoms with E-state index in [2.05, 4.69) is 26.5 Å². The molecule has 0 spiro atoms. The lowest BCUT2D eigenvalue weighted by Gasteiger charge is -2.21. The third-order valence-electron chi connectivity index (χ3n) is 6.05. The molecule has 0 saturated carbocycles. The standard InChI is InChI=1S/C19H27F3O2.C14H18O2/c1-5-8-13-23-17-11-10-15(14(4)19(20,21)22)18(24-12-7-3)16(17)9-6-2;1-3-4-5-8-12-11(2)7-6-9-13(12)14(16)10-15/h10-11H,4-9,12-13H2,1-3H3;5-10,15-16H,3-4H2,1-2H3/b;8-5-,14-10?. The number of aryl methyl sites for hydroxylation is 1. The summed E-state index contributed by atoms with van der Waals surface area (Å²) in [4.78, 5) is 0. The summed E-state index contributed by atoms with van der Waals surface area (Å²) in [5.74, 6) is 0.769. The number of benzene rings is 2. The van der Waals surface area contributed by atoms with Crippen LogP contribution in [0.2, 0.25) is 0 Å². The van der Waals surface area contributed by atoms with Crippen molar-refractivity contribution in [2.75, 3.05) is 13.2 Å². The molecule has 2 N–H and O–H groups in total. The zero-order valence-corrected chi connectivity index (χ0v) is 24.5. The molecule has 0 saturated heterocycles. The second kappa shape index (κ2) is 18.1. The highest BCUT2D eigenvalue weighted by atomic mass is 19.4. The van der Waals surface area contributed by atoms with Gasteiger partial charge in [0.1, 0.15) is 17.8 Å². The van der Waals surface area contributed by atoms with E-state index in [0.29, 0.717) is 42.9 Å². The maximum atomic E-state index is 13.1. The Morgan fingerprint density at radius 2 is 1.65 bits per heavy atom. The van der Waals surface area contributed by atoms with Crippen molar-refractivity contribution in [3.8, 4) is 11.5 Å². The SMILES string of the molecule is C=C(c1ccc(OCCCC)c(CCC)c1OCCC)C(F)(F)F.CCC/C=C\c1c(C)cccc1C(O)=CO. The molecule has 40 heavy (non-hydrogen) atoms. The van der Waals surface area contributed by atoms with Gasteiger partial charge in [-0.3, -0.25) is 0 Å². The Labute approximate surface area is 237 Å². The molecule has 0 aliphatic rings. The Bertz CT molecular complexity index is 1120. The van der Waals surface area contributed by atoms with Crippen molar-refractivity contribution < 1.29 is 32.9 Å². The summed E-state index contributed by atoms with van der Waals surface area (Å²) in [6.07, 6.45) is 6.41. The van der Waals surface area contributed by atoms with E-state index in [1.165, 1.54) is 6.07 Å². The number of alkyl halides is 3. The van der Waals surface area contributed by atoms with E-state index in [9.17, 15) is 18.3 Å². The molecular formula is C33H45F3O4. The molecule has 0 bridgehead atoms. The van der Waals surface area contributed by atoms with Crippen LogP contribution in [0.25, 0.3) is 17.4 Å². The first-order valence-corrected chi connectivity index (χ1v) is 14.0. The first-order chi connectivity index (χ1) is 19.1. The molecule has 0 fully saturated rings. The van der Waals surface area contributed by atoms with E-state index < -0.39 is 11.7 Å². The minimum atomic E-state index is -4.49. The summed E-state index contributed by atoms with van der Waals surface area (Å²) in [5.41, 5.74) is 2.52. The minimum absolute atomic E-state index is 0.00208. The van der Waals surface area contributed by atoms with Crippen LogP contribution < -0.4 is 9.47 Å². The molecule has 2 aromatic carbocycles. The van der Waals surface area contributed by atoms with Crippen molar-refractivity contribution in [1.29, 1.82) is 0 Å². The third-order valence-corrected chi connectivity index (χ3v) is 6.05. The van der Waals surface area contributed by atoms with Crippen molar-refractivity contribution in [1.82, 2.24) is 0 Å². The van der Waals surface area contributed by atoms with Crippen LogP contribution in [0.1, 0.15) is 94.0 Å². The van der Waals surface area contributed by atoms with E-state index in [0.717, 1.165) is 49.5 Å². The smallest absolute Gasteiger partial charge is 0.416 e. The number of halogens is 3. The van der Waals surface area contributed by atoms with Crippen LogP contribution in [0.4, 0.5) is 13.2 Å². The van der Waals surface area contributed by atoms with E-state index in [1.807, 2.05) is 39.0 Å². The number of rotatable bonds is 14. The molecule has 7 heteroatoms. The second-order valence-corrected chi connectivity index (χ2v) is 9.44. The van der Waals surface area contributed by atoms with Crippen LogP contribution in [0, 0.1) is 6.92 Å². The molecule has 0 aliphatic heterocycles. The summed E-state index contributed by atoms with van der Waals surface area (Å²) in [7, 11) is 0. The Morgan fingerprint density at radius 3 is 2.23 bits per heavy atom. The molecule has 2 rings (SSSR count). The zero-order valence-electron chi connectivity index (χ0n) is 24.5. The topological polar surface area (TPSA) is 58.9 Å². The van der Waals surface area contributed by atoms with Crippen LogP contribution >= 0.6 is 0 Å². The van der Waals surface area contributed by atoms with Gasteiger partial charge in [-0.1, -0.05) is 83.9 Å². The third kappa shape index (κ3) is 10.7.